The summed E-state index contributed by atoms with van der Waals surface area (Å²) >= 11 is 12.2. The minimum atomic E-state index is -0.479. The van der Waals surface area contributed by atoms with Gasteiger partial charge in [0.25, 0.3) is 0 Å². The molecule has 1 aromatic heterocycles. The van der Waals surface area contributed by atoms with Crippen molar-refractivity contribution in [2.24, 2.45) is 0 Å². The summed E-state index contributed by atoms with van der Waals surface area (Å²) in [5, 5.41) is 0.673. The Balaban J connectivity index is 2.38. The molecule has 3 rings (SSSR count). The largest absolute Gasteiger partial charge is 0.296 e. The molecule has 0 aliphatic rings. The van der Waals surface area contributed by atoms with E-state index in [1.807, 2.05) is 0 Å². The lowest BCUT2D eigenvalue weighted by Crippen LogP contribution is -1.99. The van der Waals surface area contributed by atoms with Crippen LogP contribution < -0.4 is 0 Å². The van der Waals surface area contributed by atoms with Gasteiger partial charge in [-0.25, -0.2) is 14.4 Å². The van der Waals surface area contributed by atoms with E-state index in [2.05, 4.69) is 9.97 Å². The Morgan fingerprint density at radius 3 is 2.62 bits per heavy atom. The van der Waals surface area contributed by atoms with Gasteiger partial charge in [0.05, 0.1) is 15.6 Å². The zero-order valence-electron chi connectivity index (χ0n) is 10.5. The number of hydrogen-bond donors (Lipinski definition) is 0. The third-order valence-electron chi connectivity index (χ3n) is 2.97. The van der Waals surface area contributed by atoms with Crippen molar-refractivity contribution in [1.82, 2.24) is 9.97 Å². The SMILES string of the molecule is O=Cc1nc2cccc(Cl)c2nc1-c1cc(F)ccc1Cl. The highest BCUT2D eigenvalue weighted by atomic mass is 35.5. The minimum absolute atomic E-state index is 0.0808. The minimum Gasteiger partial charge on any atom is -0.296 e. The highest BCUT2D eigenvalue weighted by molar-refractivity contribution is 6.35. The first-order valence-electron chi connectivity index (χ1n) is 5.97. The number of aldehydes is 1. The molecular weight excluding hydrogens is 314 g/mol. The molecule has 3 aromatic rings. The summed E-state index contributed by atoms with van der Waals surface area (Å²) in [6.45, 7) is 0. The van der Waals surface area contributed by atoms with E-state index in [0.717, 1.165) is 0 Å². The number of aromatic nitrogens is 2. The Morgan fingerprint density at radius 2 is 1.86 bits per heavy atom. The van der Waals surface area contributed by atoms with Crippen molar-refractivity contribution in [3.8, 4) is 11.3 Å². The molecule has 6 heteroatoms. The van der Waals surface area contributed by atoms with Gasteiger partial charge in [-0.15, -0.1) is 0 Å². The summed E-state index contributed by atoms with van der Waals surface area (Å²) in [6, 6.07) is 8.91. The van der Waals surface area contributed by atoms with Gasteiger partial charge in [-0.1, -0.05) is 29.3 Å². The number of carbonyl (C=O) groups excluding carboxylic acids is 1. The average Bonchev–Trinajstić information content (AvgIpc) is 2.49. The van der Waals surface area contributed by atoms with Crippen LogP contribution in [0.4, 0.5) is 4.39 Å². The quantitative estimate of drug-likeness (QED) is 0.650. The van der Waals surface area contributed by atoms with E-state index in [1.165, 1.54) is 18.2 Å². The first-order chi connectivity index (χ1) is 10.1. The molecule has 104 valence electrons. The lowest BCUT2D eigenvalue weighted by atomic mass is 10.1. The molecule has 1 heterocycles. The number of halogens is 3. The fourth-order valence-electron chi connectivity index (χ4n) is 2.02. The van der Waals surface area contributed by atoms with Crippen LogP contribution >= 0.6 is 23.2 Å². The molecule has 0 unspecified atom stereocenters. The molecule has 0 fully saturated rings. The van der Waals surface area contributed by atoms with Crippen LogP contribution in [0.2, 0.25) is 10.0 Å². The van der Waals surface area contributed by atoms with Crippen LogP contribution in [-0.2, 0) is 0 Å². The summed E-state index contributed by atoms with van der Waals surface area (Å²) in [4.78, 5) is 19.8. The number of hydrogen-bond acceptors (Lipinski definition) is 3. The Hall–Kier alpha value is -2.04. The molecule has 0 radical (unpaired) electrons. The van der Waals surface area contributed by atoms with Crippen molar-refractivity contribution >= 4 is 40.5 Å². The molecule has 2 aromatic carbocycles. The summed E-state index contributed by atoms with van der Waals surface area (Å²) in [7, 11) is 0. The fraction of sp³-hybridized carbons (Fsp3) is 0. The maximum atomic E-state index is 13.4. The molecule has 0 amide bonds. The van der Waals surface area contributed by atoms with Crippen molar-refractivity contribution < 1.29 is 9.18 Å². The summed E-state index contributed by atoms with van der Waals surface area (Å²) in [6.07, 6.45) is 0.559. The van der Waals surface area contributed by atoms with Gasteiger partial charge in [0, 0.05) is 5.56 Å². The van der Waals surface area contributed by atoms with Crippen LogP contribution in [0.3, 0.4) is 0 Å². The first-order valence-corrected chi connectivity index (χ1v) is 6.72. The normalized spacial score (nSPS) is 10.8. The molecule has 0 saturated heterocycles. The lowest BCUT2D eigenvalue weighted by Gasteiger charge is -2.08. The molecule has 0 aliphatic carbocycles. The number of carbonyl (C=O) groups is 1. The van der Waals surface area contributed by atoms with Crippen molar-refractivity contribution in [3.63, 3.8) is 0 Å². The maximum absolute atomic E-state index is 13.4. The lowest BCUT2D eigenvalue weighted by molar-refractivity contribution is 0.111. The molecule has 3 nitrogen and oxygen atoms in total. The molecule has 0 bridgehead atoms. The average molecular weight is 321 g/mol. The van der Waals surface area contributed by atoms with Gasteiger partial charge in [0.1, 0.15) is 22.7 Å². The second-order valence-corrected chi connectivity index (χ2v) is 5.12. The predicted octanol–water partition coefficient (Wildman–Crippen LogP) is 4.56. The Morgan fingerprint density at radius 1 is 1.05 bits per heavy atom. The van der Waals surface area contributed by atoms with Gasteiger partial charge >= 0.3 is 0 Å². The topological polar surface area (TPSA) is 42.9 Å². The van der Waals surface area contributed by atoms with E-state index >= 15 is 0 Å². The van der Waals surface area contributed by atoms with Crippen molar-refractivity contribution in [1.29, 1.82) is 0 Å². The number of rotatable bonds is 2. The third-order valence-corrected chi connectivity index (χ3v) is 3.60. The van der Waals surface area contributed by atoms with Gasteiger partial charge in [-0.05, 0) is 30.3 Å². The van der Waals surface area contributed by atoms with Gasteiger partial charge < -0.3 is 0 Å². The van der Waals surface area contributed by atoms with E-state index in [1.54, 1.807) is 18.2 Å². The van der Waals surface area contributed by atoms with E-state index < -0.39 is 5.82 Å². The first kappa shape index (κ1) is 13.9. The van der Waals surface area contributed by atoms with Crippen LogP contribution in [-0.4, -0.2) is 16.3 Å². The van der Waals surface area contributed by atoms with Crippen molar-refractivity contribution in [2.45, 2.75) is 0 Å². The van der Waals surface area contributed by atoms with Crippen molar-refractivity contribution in [2.75, 3.05) is 0 Å². The van der Waals surface area contributed by atoms with Gasteiger partial charge in [-0.3, -0.25) is 4.79 Å². The van der Waals surface area contributed by atoms with Crippen LogP contribution in [0.25, 0.3) is 22.3 Å². The van der Waals surface area contributed by atoms with E-state index in [0.29, 0.717) is 27.9 Å². The van der Waals surface area contributed by atoms with Gasteiger partial charge in [0.15, 0.2) is 6.29 Å². The van der Waals surface area contributed by atoms with Crippen LogP contribution in [0, 0.1) is 5.82 Å². The highest BCUT2D eigenvalue weighted by Crippen LogP contribution is 2.31. The Kier molecular flexibility index (Phi) is 3.57. The maximum Gasteiger partial charge on any atom is 0.170 e. The van der Waals surface area contributed by atoms with E-state index in [4.69, 9.17) is 23.2 Å². The monoisotopic (exact) mass is 320 g/mol. The number of benzene rings is 2. The standard InChI is InChI=1S/C15H7Cl2FN2O/c16-10-5-4-8(18)6-9(10)14-13(7-21)19-12-3-1-2-11(17)15(12)20-14/h1-7H. The van der Waals surface area contributed by atoms with Gasteiger partial charge in [-0.2, -0.15) is 0 Å². The molecule has 0 saturated carbocycles. The van der Waals surface area contributed by atoms with Crippen LogP contribution in [0.15, 0.2) is 36.4 Å². The van der Waals surface area contributed by atoms with Crippen molar-refractivity contribution in [3.05, 3.63) is 58.0 Å². The number of nitrogens with zero attached hydrogens (tertiary/aromatic N) is 2. The van der Waals surface area contributed by atoms with Crippen LogP contribution in [0.1, 0.15) is 10.5 Å². The molecule has 0 atom stereocenters. The molecule has 0 aliphatic heterocycles. The summed E-state index contributed by atoms with van der Waals surface area (Å²) in [5.41, 5.74) is 1.50. The number of fused-ring (bicyclic) bond motifs is 1. The predicted molar refractivity (Wildman–Crippen MR) is 80.3 cm³/mol. The molecular formula is C15H7Cl2FN2O. The number of para-hydroxylation sites is 1. The Labute approximate surface area is 129 Å². The van der Waals surface area contributed by atoms with E-state index in [9.17, 15) is 9.18 Å². The van der Waals surface area contributed by atoms with Crippen LogP contribution in [0.5, 0.6) is 0 Å². The van der Waals surface area contributed by atoms with E-state index in [-0.39, 0.29) is 16.4 Å². The third kappa shape index (κ3) is 2.48. The zero-order chi connectivity index (χ0) is 15.0. The Bertz CT molecular complexity index is 868. The summed E-state index contributed by atoms with van der Waals surface area (Å²) < 4.78 is 13.4. The highest BCUT2D eigenvalue weighted by Gasteiger charge is 2.15. The van der Waals surface area contributed by atoms with Gasteiger partial charge in [0.2, 0.25) is 0 Å². The smallest absolute Gasteiger partial charge is 0.170 e. The molecule has 0 spiro atoms. The fourth-order valence-corrected chi connectivity index (χ4v) is 2.43. The zero-order valence-corrected chi connectivity index (χ0v) is 12.0. The molecule has 0 N–H and O–H groups in total. The second-order valence-electron chi connectivity index (χ2n) is 4.31. The molecule has 21 heavy (non-hydrogen) atoms. The summed E-state index contributed by atoms with van der Waals surface area (Å²) in [5.74, 6) is -0.479. The second kappa shape index (κ2) is 5.39.